The van der Waals surface area contributed by atoms with Crippen molar-refractivity contribution in [2.75, 3.05) is 33.3 Å². The fourth-order valence-corrected chi connectivity index (χ4v) is 3.67. The summed E-state index contributed by atoms with van der Waals surface area (Å²) in [4.78, 5) is 33.2. The number of nitrogens with zero attached hydrogens (tertiary/aromatic N) is 4. The van der Waals surface area contributed by atoms with Crippen molar-refractivity contribution in [1.82, 2.24) is 19.9 Å². The number of hydrogen-bond donors (Lipinski definition) is 0. The molecule has 32 heavy (non-hydrogen) atoms. The van der Waals surface area contributed by atoms with Gasteiger partial charge in [-0.2, -0.15) is 4.98 Å². The third kappa shape index (κ3) is 5.39. The van der Waals surface area contributed by atoms with Crippen molar-refractivity contribution in [2.45, 2.75) is 19.4 Å². The lowest BCUT2D eigenvalue weighted by Gasteiger charge is -2.34. The van der Waals surface area contributed by atoms with Crippen LogP contribution in [-0.2, 0) is 11.3 Å². The molecule has 1 aliphatic rings. The second-order valence-electron chi connectivity index (χ2n) is 7.69. The lowest BCUT2D eigenvalue weighted by molar-refractivity contribution is -0.133. The molecule has 8 nitrogen and oxygen atoms in total. The lowest BCUT2D eigenvalue weighted by Crippen LogP contribution is -2.48. The normalized spacial score (nSPS) is 14.3. The molecular formula is C24H26N4O4. The van der Waals surface area contributed by atoms with E-state index in [4.69, 9.17) is 9.26 Å². The smallest absolute Gasteiger partial charge is 0.241 e. The van der Waals surface area contributed by atoms with Gasteiger partial charge in [0.2, 0.25) is 17.6 Å². The largest absolute Gasteiger partial charge is 0.497 e. The van der Waals surface area contributed by atoms with Crippen LogP contribution in [0.25, 0.3) is 11.4 Å². The molecule has 0 spiro atoms. The third-order valence-corrected chi connectivity index (χ3v) is 5.56. The summed E-state index contributed by atoms with van der Waals surface area (Å²) in [5.74, 6) is 1.88. The van der Waals surface area contributed by atoms with Crippen molar-refractivity contribution in [3.8, 4) is 17.1 Å². The van der Waals surface area contributed by atoms with Gasteiger partial charge in [0.05, 0.1) is 13.7 Å². The molecule has 1 fully saturated rings. The summed E-state index contributed by atoms with van der Waals surface area (Å²) in [5, 5.41) is 4.07. The average Bonchev–Trinajstić information content (AvgIpc) is 3.32. The van der Waals surface area contributed by atoms with Crippen molar-refractivity contribution < 1.29 is 18.8 Å². The van der Waals surface area contributed by atoms with Crippen LogP contribution in [0.4, 0.5) is 0 Å². The molecule has 0 N–H and O–H groups in total. The van der Waals surface area contributed by atoms with Crippen molar-refractivity contribution >= 4 is 11.7 Å². The van der Waals surface area contributed by atoms with Gasteiger partial charge in [-0.15, -0.1) is 0 Å². The molecule has 0 radical (unpaired) electrons. The van der Waals surface area contributed by atoms with Crippen molar-refractivity contribution in [3.05, 3.63) is 66.1 Å². The van der Waals surface area contributed by atoms with E-state index in [1.165, 1.54) is 0 Å². The van der Waals surface area contributed by atoms with E-state index < -0.39 is 0 Å². The number of piperazine rings is 1. The number of rotatable bonds is 8. The Kier molecular flexibility index (Phi) is 6.91. The molecule has 166 valence electrons. The predicted molar refractivity (Wildman–Crippen MR) is 118 cm³/mol. The molecule has 0 bridgehead atoms. The number of ether oxygens (including phenoxy) is 1. The third-order valence-electron chi connectivity index (χ3n) is 5.56. The van der Waals surface area contributed by atoms with Crippen molar-refractivity contribution in [1.29, 1.82) is 0 Å². The van der Waals surface area contributed by atoms with E-state index in [1.807, 2.05) is 47.4 Å². The summed E-state index contributed by atoms with van der Waals surface area (Å²) in [6.07, 6.45) is 0.474. The highest BCUT2D eigenvalue weighted by atomic mass is 16.5. The quantitative estimate of drug-likeness (QED) is 0.504. The summed E-state index contributed by atoms with van der Waals surface area (Å²) < 4.78 is 10.6. The Labute approximate surface area is 186 Å². The second-order valence-corrected chi connectivity index (χ2v) is 7.69. The van der Waals surface area contributed by atoms with Crippen LogP contribution in [0.2, 0.25) is 0 Å². The van der Waals surface area contributed by atoms with E-state index >= 15 is 0 Å². The van der Waals surface area contributed by atoms with Crippen LogP contribution < -0.4 is 4.74 Å². The molecule has 1 amide bonds. The molecule has 1 aliphatic heterocycles. The van der Waals surface area contributed by atoms with Gasteiger partial charge in [-0.25, -0.2) is 0 Å². The molecule has 1 saturated heterocycles. The minimum atomic E-state index is 0.00152. The Bertz CT molecular complexity index is 1040. The first kappa shape index (κ1) is 21.7. The number of amides is 1. The highest BCUT2D eigenvalue weighted by molar-refractivity contribution is 5.97. The maximum atomic E-state index is 12.5. The molecule has 0 atom stereocenters. The van der Waals surface area contributed by atoms with Crippen molar-refractivity contribution in [2.24, 2.45) is 0 Å². The fraction of sp³-hybridized carbons (Fsp3) is 0.333. The van der Waals surface area contributed by atoms with Gasteiger partial charge in [-0.3, -0.25) is 14.5 Å². The molecule has 4 rings (SSSR count). The van der Waals surface area contributed by atoms with Gasteiger partial charge < -0.3 is 14.2 Å². The standard InChI is InChI=1S/C24H26N4O4/c1-31-20-9-7-19(8-10-20)24-25-22(32-26-24)17-27-13-15-28(16-14-27)23(30)12-11-21(29)18-5-3-2-4-6-18/h2-10H,11-17H2,1H3. The van der Waals surface area contributed by atoms with Crippen molar-refractivity contribution in [3.63, 3.8) is 0 Å². The number of methoxy groups -OCH3 is 1. The van der Waals surface area contributed by atoms with Crippen LogP contribution in [0.3, 0.4) is 0 Å². The maximum absolute atomic E-state index is 12.5. The first-order chi connectivity index (χ1) is 15.6. The Hall–Kier alpha value is -3.52. The van der Waals surface area contributed by atoms with Gasteiger partial charge in [-0.05, 0) is 24.3 Å². The zero-order chi connectivity index (χ0) is 22.3. The van der Waals surface area contributed by atoms with E-state index in [-0.39, 0.29) is 24.5 Å². The lowest BCUT2D eigenvalue weighted by atomic mass is 10.1. The summed E-state index contributed by atoms with van der Waals surface area (Å²) in [5.41, 5.74) is 1.51. The zero-order valence-corrected chi connectivity index (χ0v) is 18.1. The minimum Gasteiger partial charge on any atom is -0.497 e. The Morgan fingerprint density at radius 1 is 0.969 bits per heavy atom. The predicted octanol–water partition coefficient (Wildman–Crippen LogP) is 3.05. The zero-order valence-electron chi connectivity index (χ0n) is 18.1. The molecule has 3 aromatic rings. The number of hydrogen-bond acceptors (Lipinski definition) is 7. The molecule has 0 unspecified atom stereocenters. The molecule has 8 heteroatoms. The van der Waals surface area contributed by atoms with Crippen LogP contribution in [-0.4, -0.2) is 64.9 Å². The number of aromatic nitrogens is 2. The van der Waals surface area contributed by atoms with E-state index in [9.17, 15) is 9.59 Å². The fourth-order valence-electron chi connectivity index (χ4n) is 3.67. The second kappa shape index (κ2) is 10.2. The van der Waals surface area contributed by atoms with Gasteiger partial charge >= 0.3 is 0 Å². The van der Waals surface area contributed by atoms with Crippen LogP contribution in [0, 0.1) is 0 Å². The number of ketones is 1. The summed E-state index contributed by atoms with van der Waals surface area (Å²) in [7, 11) is 1.62. The highest BCUT2D eigenvalue weighted by Crippen LogP contribution is 2.20. The van der Waals surface area contributed by atoms with Crippen LogP contribution in [0.5, 0.6) is 5.75 Å². The van der Waals surface area contributed by atoms with E-state index in [2.05, 4.69) is 15.0 Å². The Morgan fingerprint density at radius 2 is 1.69 bits per heavy atom. The summed E-state index contributed by atoms with van der Waals surface area (Å²) in [6.45, 7) is 3.23. The number of carbonyl (C=O) groups is 2. The molecule has 1 aromatic heterocycles. The van der Waals surface area contributed by atoms with E-state index in [0.29, 0.717) is 36.9 Å². The monoisotopic (exact) mass is 434 g/mol. The number of benzene rings is 2. The highest BCUT2D eigenvalue weighted by Gasteiger charge is 2.23. The van der Waals surface area contributed by atoms with Gasteiger partial charge in [0.1, 0.15) is 5.75 Å². The van der Waals surface area contributed by atoms with Gasteiger partial charge in [0, 0.05) is 50.1 Å². The first-order valence-electron chi connectivity index (χ1n) is 10.7. The Morgan fingerprint density at radius 3 is 2.38 bits per heavy atom. The summed E-state index contributed by atoms with van der Waals surface area (Å²) >= 11 is 0. The van der Waals surface area contributed by atoms with E-state index in [1.54, 1.807) is 19.2 Å². The first-order valence-corrected chi connectivity index (χ1v) is 10.7. The van der Waals surface area contributed by atoms with Gasteiger partial charge in [-0.1, -0.05) is 35.5 Å². The molecule has 0 saturated carbocycles. The molecule has 2 heterocycles. The maximum Gasteiger partial charge on any atom is 0.241 e. The van der Waals surface area contributed by atoms with Crippen LogP contribution in [0.1, 0.15) is 29.1 Å². The number of Topliss-reactive ketones (excluding diaryl/α,β-unsaturated/α-hetero) is 1. The molecule has 0 aliphatic carbocycles. The summed E-state index contributed by atoms with van der Waals surface area (Å²) in [6, 6.07) is 16.6. The minimum absolute atomic E-state index is 0.00152. The molecule has 2 aromatic carbocycles. The van der Waals surface area contributed by atoms with Crippen LogP contribution >= 0.6 is 0 Å². The van der Waals surface area contributed by atoms with Gasteiger partial charge in [0.25, 0.3) is 0 Å². The van der Waals surface area contributed by atoms with Gasteiger partial charge in [0.15, 0.2) is 5.78 Å². The average molecular weight is 434 g/mol. The Balaban J connectivity index is 1.23. The molecular weight excluding hydrogens is 408 g/mol. The topological polar surface area (TPSA) is 88.8 Å². The van der Waals surface area contributed by atoms with Crippen LogP contribution in [0.15, 0.2) is 59.1 Å². The SMILES string of the molecule is COc1ccc(-c2noc(CN3CCN(C(=O)CCC(=O)c4ccccc4)CC3)n2)cc1. The number of carbonyl (C=O) groups excluding carboxylic acids is 2. The van der Waals surface area contributed by atoms with E-state index in [0.717, 1.165) is 24.4 Å².